The minimum absolute atomic E-state index is 0.00520. The summed E-state index contributed by atoms with van der Waals surface area (Å²) >= 11 is 1.66. The molecule has 1 amide bonds. The standard InChI is InChI=1S/C19H27N5O2S/c1-4-26-16-7-5-15(6-8-16)20-17(25)13-23-9-11-24(12-10-23)19-22-21-18(27-19)14(2)3/h5-8,14H,4,9-13H2,1-3H3,(H,20,25). The molecule has 8 heteroatoms. The van der Waals surface area contributed by atoms with E-state index < -0.39 is 0 Å². The molecule has 1 aliphatic rings. The predicted molar refractivity (Wildman–Crippen MR) is 109 cm³/mol. The third-order valence-corrected chi connectivity index (χ3v) is 5.67. The molecule has 7 nitrogen and oxygen atoms in total. The van der Waals surface area contributed by atoms with Gasteiger partial charge in [-0.2, -0.15) is 0 Å². The molecule has 0 saturated carbocycles. The highest BCUT2D eigenvalue weighted by atomic mass is 32.1. The summed E-state index contributed by atoms with van der Waals surface area (Å²) in [5.41, 5.74) is 0.789. The predicted octanol–water partition coefficient (Wildman–Crippen LogP) is 2.82. The smallest absolute Gasteiger partial charge is 0.238 e. The van der Waals surface area contributed by atoms with E-state index in [2.05, 4.69) is 39.2 Å². The van der Waals surface area contributed by atoms with Gasteiger partial charge in [0.25, 0.3) is 0 Å². The Morgan fingerprint density at radius 2 is 1.89 bits per heavy atom. The van der Waals surface area contributed by atoms with Gasteiger partial charge in [0.2, 0.25) is 11.0 Å². The average molecular weight is 390 g/mol. The summed E-state index contributed by atoms with van der Waals surface area (Å²) < 4.78 is 5.41. The van der Waals surface area contributed by atoms with Gasteiger partial charge < -0.3 is 15.0 Å². The molecular formula is C19H27N5O2S. The number of anilines is 2. The van der Waals surface area contributed by atoms with Crippen LogP contribution in [0.3, 0.4) is 0 Å². The van der Waals surface area contributed by atoms with Crippen LogP contribution >= 0.6 is 11.3 Å². The van der Waals surface area contributed by atoms with Crippen LogP contribution in [0.2, 0.25) is 0 Å². The Bertz CT molecular complexity index is 739. The number of aromatic nitrogens is 2. The summed E-state index contributed by atoms with van der Waals surface area (Å²) in [5.74, 6) is 1.22. The lowest BCUT2D eigenvalue weighted by Gasteiger charge is -2.33. The Morgan fingerprint density at radius 1 is 1.19 bits per heavy atom. The second-order valence-corrected chi connectivity index (χ2v) is 7.83. The molecule has 1 N–H and O–H groups in total. The maximum Gasteiger partial charge on any atom is 0.238 e. The first kappa shape index (κ1) is 19.6. The van der Waals surface area contributed by atoms with Crippen LogP contribution in [-0.4, -0.2) is 60.3 Å². The van der Waals surface area contributed by atoms with Crippen LogP contribution in [0.5, 0.6) is 5.75 Å². The largest absolute Gasteiger partial charge is 0.494 e. The Labute approximate surface area is 164 Å². The second-order valence-electron chi connectivity index (χ2n) is 6.85. The van der Waals surface area contributed by atoms with Gasteiger partial charge in [-0.15, -0.1) is 10.2 Å². The van der Waals surface area contributed by atoms with E-state index in [0.717, 1.165) is 47.8 Å². The van der Waals surface area contributed by atoms with Crippen molar-refractivity contribution in [2.75, 3.05) is 49.5 Å². The van der Waals surface area contributed by atoms with Crippen molar-refractivity contribution in [2.24, 2.45) is 0 Å². The fourth-order valence-corrected chi connectivity index (χ4v) is 3.79. The van der Waals surface area contributed by atoms with Gasteiger partial charge in [-0.05, 0) is 31.2 Å². The van der Waals surface area contributed by atoms with E-state index in [1.165, 1.54) is 0 Å². The van der Waals surface area contributed by atoms with Crippen molar-refractivity contribution in [3.8, 4) is 5.75 Å². The van der Waals surface area contributed by atoms with E-state index in [1.807, 2.05) is 31.2 Å². The number of carbonyl (C=O) groups is 1. The number of nitrogens with one attached hydrogen (secondary N) is 1. The normalized spacial score (nSPS) is 15.2. The summed E-state index contributed by atoms with van der Waals surface area (Å²) in [6, 6.07) is 7.46. The molecule has 146 valence electrons. The summed E-state index contributed by atoms with van der Waals surface area (Å²) in [4.78, 5) is 16.7. The first-order valence-corrected chi connectivity index (χ1v) is 10.2. The van der Waals surface area contributed by atoms with Crippen LogP contribution in [-0.2, 0) is 4.79 Å². The third kappa shape index (κ3) is 5.40. The quantitative estimate of drug-likeness (QED) is 0.785. The number of hydrogen-bond donors (Lipinski definition) is 1. The molecule has 1 saturated heterocycles. The molecule has 1 fully saturated rings. The molecule has 1 aromatic heterocycles. The van der Waals surface area contributed by atoms with Crippen LogP contribution in [0.1, 0.15) is 31.7 Å². The van der Waals surface area contributed by atoms with Gasteiger partial charge in [-0.25, -0.2) is 0 Å². The van der Waals surface area contributed by atoms with Gasteiger partial charge in [0.05, 0.1) is 13.2 Å². The number of rotatable bonds is 7. The number of piperazine rings is 1. The van der Waals surface area contributed by atoms with E-state index >= 15 is 0 Å². The Hall–Kier alpha value is -2.19. The highest BCUT2D eigenvalue weighted by molar-refractivity contribution is 7.15. The molecule has 27 heavy (non-hydrogen) atoms. The van der Waals surface area contributed by atoms with E-state index in [9.17, 15) is 4.79 Å². The van der Waals surface area contributed by atoms with Crippen molar-refractivity contribution < 1.29 is 9.53 Å². The highest BCUT2D eigenvalue weighted by Crippen LogP contribution is 2.26. The van der Waals surface area contributed by atoms with Crippen molar-refractivity contribution in [3.63, 3.8) is 0 Å². The van der Waals surface area contributed by atoms with Crippen molar-refractivity contribution >= 4 is 28.1 Å². The lowest BCUT2D eigenvalue weighted by atomic mass is 10.2. The minimum atomic E-state index is 0.00520. The Morgan fingerprint density at radius 3 is 2.48 bits per heavy atom. The highest BCUT2D eigenvalue weighted by Gasteiger charge is 2.22. The van der Waals surface area contributed by atoms with Crippen LogP contribution in [0, 0.1) is 0 Å². The molecule has 0 bridgehead atoms. The maximum absolute atomic E-state index is 12.3. The van der Waals surface area contributed by atoms with Gasteiger partial charge in [0, 0.05) is 37.8 Å². The zero-order chi connectivity index (χ0) is 19.2. The number of hydrogen-bond acceptors (Lipinski definition) is 7. The number of carbonyl (C=O) groups excluding carboxylic acids is 1. The van der Waals surface area contributed by atoms with Crippen molar-refractivity contribution in [2.45, 2.75) is 26.7 Å². The topological polar surface area (TPSA) is 70.6 Å². The van der Waals surface area contributed by atoms with Crippen molar-refractivity contribution in [3.05, 3.63) is 29.3 Å². The maximum atomic E-state index is 12.3. The first-order chi connectivity index (χ1) is 13.0. The number of nitrogens with zero attached hydrogens (tertiary/aromatic N) is 4. The fraction of sp³-hybridized carbons (Fsp3) is 0.526. The molecule has 0 atom stereocenters. The molecule has 1 aromatic carbocycles. The Balaban J connectivity index is 1.44. The lowest BCUT2D eigenvalue weighted by Crippen LogP contribution is -2.48. The Kier molecular flexibility index (Phi) is 6.63. The minimum Gasteiger partial charge on any atom is -0.494 e. The molecule has 0 spiro atoms. The van der Waals surface area contributed by atoms with E-state index in [-0.39, 0.29) is 5.91 Å². The van der Waals surface area contributed by atoms with Gasteiger partial charge in [-0.3, -0.25) is 9.69 Å². The summed E-state index contributed by atoms with van der Waals surface area (Å²) in [5, 5.41) is 13.6. The molecule has 0 aliphatic carbocycles. The van der Waals surface area contributed by atoms with Gasteiger partial charge in [0.15, 0.2) is 0 Å². The summed E-state index contributed by atoms with van der Waals surface area (Å²) in [6.45, 7) is 10.6. The SMILES string of the molecule is CCOc1ccc(NC(=O)CN2CCN(c3nnc(C(C)C)s3)CC2)cc1. The zero-order valence-corrected chi connectivity index (χ0v) is 17.0. The molecule has 0 radical (unpaired) electrons. The van der Waals surface area contributed by atoms with E-state index in [4.69, 9.17) is 4.74 Å². The fourth-order valence-electron chi connectivity index (χ4n) is 2.89. The number of amides is 1. The van der Waals surface area contributed by atoms with Gasteiger partial charge >= 0.3 is 0 Å². The van der Waals surface area contributed by atoms with Crippen LogP contribution in [0.15, 0.2) is 24.3 Å². The summed E-state index contributed by atoms with van der Waals surface area (Å²) in [6.07, 6.45) is 0. The van der Waals surface area contributed by atoms with E-state index in [0.29, 0.717) is 19.1 Å². The number of benzene rings is 1. The molecule has 2 aromatic rings. The van der Waals surface area contributed by atoms with Crippen molar-refractivity contribution in [1.82, 2.24) is 15.1 Å². The lowest BCUT2D eigenvalue weighted by molar-refractivity contribution is -0.117. The molecule has 3 rings (SSSR count). The molecule has 0 unspecified atom stereocenters. The van der Waals surface area contributed by atoms with Gasteiger partial charge in [-0.1, -0.05) is 25.2 Å². The molecule has 1 aliphatic heterocycles. The van der Waals surface area contributed by atoms with Crippen LogP contribution in [0.25, 0.3) is 0 Å². The first-order valence-electron chi connectivity index (χ1n) is 9.38. The monoisotopic (exact) mass is 389 g/mol. The average Bonchev–Trinajstić information content (AvgIpc) is 3.15. The number of ether oxygens (including phenoxy) is 1. The van der Waals surface area contributed by atoms with E-state index in [1.54, 1.807) is 11.3 Å². The molecule has 2 heterocycles. The zero-order valence-electron chi connectivity index (χ0n) is 16.1. The van der Waals surface area contributed by atoms with Gasteiger partial charge in [0.1, 0.15) is 10.8 Å². The summed E-state index contributed by atoms with van der Waals surface area (Å²) in [7, 11) is 0. The third-order valence-electron chi connectivity index (χ3n) is 4.38. The molecular weight excluding hydrogens is 362 g/mol. The second kappa shape index (κ2) is 9.14. The van der Waals surface area contributed by atoms with Crippen molar-refractivity contribution in [1.29, 1.82) is 0 Å². The van der Waals surface area contributed by atoms with Crippen LogP contribution < -0.4 is 15.0 Å². The van der Waals surface area contributed by atoms with Crippen LogP contribution in [0.4, 0.5) is 10.8 Å².